The predicted octanol–water partition coefficient (Wildman–Crippen LogP) is 2.55. The van der Waals surface area contributed by atoms with Crippen LogP contribution in [0.4, 0.5) is 0 Å². The fourth-order valence-electron chi connectivity index (χ4n) is 3.66. The van der Waals surface area contributed by atoms with Crippen LogP contribution in [0, 0.1) is 6.92 Å². The van der Waals surface area contributed by atoms with Crippen molar-refractivity contribution >= 4 is 29.4 Å². The molecule has 0 aliphatic carbocycles. The number of aromatic nitrogens is 4. The average molecular weight is 510 g/mol. The fraction of sp³-hybridized carbons (Fsp3) is 0.455. The van der Waals surface area contributed by atoms with Gasteiger partial charge in [0.25, 0.3) is 6.47 Å². The van der Waals surface area contributed by atoms with Crippen molar-refractivity contribution in [2.75, 3.05) is 19.7 Å². The molecule has 3 aromatic rings. The van der Waals surface area contributed by atoms with Crippen molar-refractivity contribution in [3.63, 3.8) is 0 Å². The molecule has 0 saturated heterocycles. The molecule has 184 valence electrons. The molecule has 1 aromatic carbocycles. The first-order chi connectivity index (χ1) is 16.3. The second-order valence-corrected chi connectivity index (χ2v) is 9.41. The van der Waals surface area contributed by atoms with Gasteiger partial charge in [-0.1, -0.05) is 22.9 Å². The average Bonchev–Trinajstić information content (AvgIpc) is 3.40. The Hall–Kier alpha value is -2.57. The normalized spacial score (nSPS) is 14.3. The molecule has 1 aliphatic heterocycles. The van der Waals surface area contributed by atoms with Gasteiger partial charge in [-0.25, -0.2) is 4.68 Å². The summed E-state index contributed by atoms with van der Waals surface area (Å²) in [6, 6.07) is 5.63. The van der Waals surface area contributed by atoms with Crippen molar-refractivity contribution < 1.29 is 24.9 Å². The van der Waals surface area contributed by atoms with E-state index in [0.717, 1.165) is 40.5 Å². The van der Waals surface area contributed by atoms with Crippen LogP contribution >= 0.6 is 22.9 Å². The molecule has 12 heteroatoms. The summed E-state index contributed by atoms with van der Waals surface area (Å²) in [7, 11) is 0. The lowest BCUT2D eigenvalue weighted by Gasteiger charge is -2.27. The van der Waals surface area contributed by atoms with Gasteiger partial charge in [0.2, 0.25) is 5.13 Å². The molecule has 1 aliphatic rings. The molecule has 34 heavy (non-hydrogen) atoms. The zero-order valence-electron chi connectivity index (χ0n) is 19.2. The Morgan fingerprint density at radius 2 is 2.06 bits per heavy atom. The van der Waals surface area contributed by atoms with E-state index < -0.39 is 6.10 Å². The minimum absolute atomic E-state index is 0.0492. The van der Waals surface area contributed by atoms with Gasteiger partial charge in [0.05, 0.1) is 29.5 Å². The maximum absolute atomic E-state index is 9.75. The van der Waals surface area contributed by atoms with Crippen LogP contribution in [0.1, 0.15) is 30.8 Å². The van der Waals surface area contributed by atoms with Crippen molar-refractivity contribution in [3.05, 3.63) is 40.2 Å². The van der Waals surface area contributed by atoms with E-state index in [1.54, 1.807) is 0 Å². The summed E-state index contributed by atoms with van der Waals surface area (Å²) in [5.74, 6) is 0.650. The monoisotopic (exact) mass is 509 g/mol. The van der Waals surface area contributed by atoms with E-state index >= 15 is 0 Å². The SMILES string of the molecule is Cc1c2c(nn1-c1nnc(-c3ccc(OC(C)C)c(Cl)c3)s1)CCN(C[C@H](O)CO)C2.O=CO. The van der Waals surface area contributed by atoms with Gasteiger partial charge in [-0.15, -0.1) is 10.2 Å². The number of carbonyl (C=O) groups is 1. The molecule has 0 unspecified atom stereocenters. The molecule has 0 amide bonds. The Bertz CT molecular complexity index is 1120. The summed E-state index contributed by atoms with van der Waals surface area (Å²) in [6.45, 7) is 7.39. The smallest absolute Gasteiger partial charge is 0.290 e. The molecule has 3 heterocycles. The standard InChI is InChI=1S/C21H26ClN5O3S.CH2O2/c1-12(2)30-19-5-4-14(8-17(19)22)20-23-24-21(31-20)27-13(3)16-10-26(9-15(29)11-28)7-6-18(16)25-27;2-1-3/h4-5,8,12,15,28-29H,6-7,9-11H2,1-3H3;1H,(H,2,3)/t15-;/m0./s1. The topological polar surface area (TPSA) is 134 Å². The lowest BCUT2D eigenvalue weighted by molar-refractivity contribution is -0.122. The van der Waals surface area contributed by atoms with E-state index in [-0.39, 0.29) is 19.2 Å². The number of fused-ring (bicyclic) bond motifs is 1. The number of aliphatic hydroxyl groups excluding tert-OH is 2. The minimum Gasteiger partial charge on any atom is -0.489 e. The largest absolute Gasteiger partial charge is 0.489 e. The number of rotatable bonds is 7. The Balaban J connectivity index is 0.00000103. The lowest BCUT2D eigenvalue weighted by Crippen LogP contribution is -2.37. The summed E-state index contributed by atoms with van der Waals surface area (Å²) in [5.41, 5.74) is 4.08. The summed E-state index contributed by atoms with van der Waals surface area (Å²) < 4.78 is 7.54. The summed E-state index contributed by atoms with van der Waals surface area (Å²) in [4.78, 5) is 10.5. The van der Waals surface area contributed by atoms with Gasteiger partial charge < -0.3 is 20.1 Å². The molecule has 3 N–H and O–H groups in total. The highest BCUT2D eigenvalue weighted by Gasteiger charge is 2.25. The molecule has 2 aromatic heterocycles. The first kappa shape index (κ1) is 26.0. The minimum atomic E-state index is -0.730. The van der Waals surface area contributed by atoms with Gasteiger partial charge in [0, 0.05) is 42.9 Å². The second kappa shape index (κ2) is 11.7. The third-order valence-corrected chi connectivity index (χ3v) is 6.43. The Kier molecular flexibility index (Phi) is 8.97. The highest BCUT2D eigenvalue weighted by atomic mass is 35.5. The molecule has 0 saturated carbocycles. The number of carboxylic acid groups (broad SMARTS) is 1. The maximum Gasteiger partial charge on any atom is 0.290 e. The highest BCUT2D eigenvalue weighted by molar-refractivity contribution is 7.17. The number of β-amino-alcohol motifs (C(OH)–C–C–N with tert-alkyl or cyclic N) is 1. The van der Waals surface area contributed by atoms with Crippen LogP contribution in [0.2, 0.25) is 5.02 Å². The first-order valence-corrected chi connectivity index (χ1v) is 11.9. The van der Waals surface area contributed by atoms with Gasteiger partial charge in [0.1, 0.15) is 10.8 Å². The zero-order valence-corrected chi connectivity index (χ0v) is 20.8. The van der Waals surface area contributed by atoms with Crippen molar-refractivity contribution in [1.82, 2.24) is 24.9 Å². The Labute approximate surface area is 206 Å². The van der Waals surface area contributed by atoms with Crippen molar-refractivity contribution in [3.8, 4) is 21.5 Å². The Morgan fingerprint density at radius 3 is 2.71 bits per heavy atom. The van der Waals surface area contributed by atoms with Gasteiger partial charge in [0.15, 0.2) is 0 Å². The fourth-order valence-corrected chi connectivity index (χ4v) is 4.74. The number of aliphatic hydroxyl groups is 2. The summed E-state index contributed by atoms with van der Waals surface area (Å²) in [6.07, 6.45) is 0.111. The third-order valence-electron chi connectivity index (χ3n) is 5.19. The quantitative estimate of drug-likeness (QED) is 0.411. The molecule has 0 spiro atoms. The number of ether oxygens (including phenoxy) is 1. The van der Waals surface area contributed by atoms with Gasteiger partial charge in [-0.3, -0.25) is 9.69 Å². The molecule has 1 atom stereocenters. The lowest BCUT2D eigenvalue weighted by atomic mass is 10.1. The molecule has 0 radical (unpaired) electrons. The predicted molar refractivity (Wildman–Crippen MR) is 129 cm³/mol. The van der Waals surface area contributed by atoms with Crippen LogP contribution < -0.4 is 4.74 Å². The van der Waals surface area contributed by atoms with E-state index in [9.17, 15) is 5.11 Å². The van der Waals surface area contributed by atoms with Crippen LogP contribution in [-0.4, -0.2) is 78.6 Å². The van der Waals surface area contributed by atoms with E-state index in [4.69, 9.17) is 36.4 Å². The van der Waals surface area contributed by atoms with Gasteiger partial charge in [-0.2, -0.15) is 5.10 Å². The van der Waals surface area contributed by atoms with Crippen LogP contribution in [0.15, 0.2) is 18.2 Å². The molecular formula is C22H28ClN5O5S. The maximum atomic E-state index is 9.75. The highest BCUT2D eigenvalue weighted by Crippen LogP contribution is 2.34. The molecule has 0 bridgehead atoms. The number of nitrogens with zero attached hydrogens (tertiary/aromatic N) is 5. The number of halogens is 1. The van der Waals surface area contributed by atoms with Crippen molar-refractivity contribution in [1.29, 1.82) is 0 Å². The summed E-state index contributed by atoms with van der Waals surface area (Å²) >= 11 is 7.83. The molecule has 4 rings (SSSR count). The number of hydrogen-bond acceptors (Lipinski definition) is 9. The first-order valence-electron chi connectivity index (χ1n) is 10.7. The van der Waals surface area contributed by atoms with E-state index in [0.29, 0.717) is 29.0 Å². The number of benzene rings is 1. The van der Waals surface area contributed by atoms with Crippen LogP contribution in [0.5, 0.6) is 5.75 Å². The Morgan fingerprint density at radius 1 is 1.32 bits per heavy atom. The van der Waals surface area contributed by atoms with Crippen LogP contribution in [0.3, 0.4) is 0 Å². The van der Waals surface area contributed by atoms with E-state index in [2.05, 4.69) is 15.1 Å². The second-order valence-electron chi connectivity index (χ2n) is 8.05. The molecule has 0 fully saturated rings. The van der Waals surface area contributed by atoms with Crippen molar-refractivity contribution in [2.24, 2.45) is 0 Å². The zero-order chi connectivity index (χ0) is 24.8. The van der Waals surface area contributed by atoms with Crippen molar-refractivity contribution in [2.45, 2.75) is 45.9 Å². The van der Waals surface area contributed by atoms with Gasteiger partial charge >= 0.3 is 0 Å². The van der Waals surface area contributed by atoms with Gasteiger partial charge in [-0.05, 0) is 39.0 Å². The van der Waals surface area contributed by atoms with E-state index in [1.807, 2.05) is 43.7 Å². The summed E-state index contributed by atoms with van der Waals surface area (Å²) in [5, 5.41) is 41.2. The van der Waals surface area contributed by atoms with Crippen LogP contribution in [-0.2, 0) is 17.8 Å². The van der Waals surface area contributed by atoms with Crippen LogP contribution in [0.25, 0.3) is 15.7 Å². The third kappa shape index (κ3) is 6.10. The molecule has 10 nitrogen and oxygen atoms in total. The van der Waals surface area contributed by atoms with E-state index in [1.165, 1.54) is 11.3 Å². The number of hydrogen-bond donors (Lipinski definition) is 3. The molecular weight excluding hydrogens is 482 g/mol.